The first-order valence-electron chi connectivity index (χ1n) is 8.82. The molecular weight excluding hydrogens is 328 g/mol. The smallest absolute Gasteiger partial charge is 0.236 e. The largest absolute Gasteiger partial charge is 0.469 e. The van der Waals surface area contributed by atoms with Crippen LogP contribution < -0.4 is 16.4 Å². The van der Waals surface area contributed by atoms with E-state index >= 15 is 0 Å². The fraction of sp³-hybridized carbons (Fsp3) is 0.421. The molecule has 0 spiro atoms. The highest BCUT2D eigenvalue weighted by Crippen LogP contribution is 2.24. The van der Waals surface area contributed by atoms with Crippen molar-refractivity contribution in [3.8, 4) is 0 Å². The molecule has 0 saturated carbocycles. The number of anilines is 2. The molecule has 0 aliphatic carbocycles. The summed E-state index contributed by atoms with van der Waals surface area (Å²) in [5.74, 6) is 0.839. The number of nitrogens with zero attached hydrogens (tertiary/aromatic N) is 3. The number of hydrogen-bond donors (Lipinski definition) is 3. The topological polar surface area (TPSA) is 114 Å². The third-order valence-corrected chi connectivity index (χ3v) is 4.80. The van der Waals surface area contributed by atoms with Gasteiger partial charge in [-0.2, -0.15) is 0 Å². The van der Waals surface area contributed by atoms with Gasteiger partial charge in [0.1, 0.15) is 11.9 Å². The first-order chi connectivity index (χ1) is 12.4. The molecule has 1 aromatic carbocycles. The Kier molecular flexibility index (Phi) is 5.08. The van der Waals surface area contributed by atoms with Crippen molar-refractivity contribution < 1.29 is 4.74 Å². The molecule has 26 heavy (non-hydrogen) atoms. The van der Waals surface area contributed by atoms with E-state index in [1.54, 1.807) is 6.20 Å². The Bertz CT molecular complexity index is 767. The number of ether oxygens (including phenoxy) is 1. The summed E-state index contributed by atoms with van der Waals surface area (Å²) in [6.07, 6.45) is 3.16. The van der Waals surface area contributed by atoms with Gasteiger partial charge in [0.15, 0.2) is 11.5 Å². The summed E-state index contributed by atoms with van der Waals surface area (Å²) in [6, 6.07) is 9.73. The molecule has 3 rings (SSSR count). The second-order valence-corrected chi connectivity index (χ2v) is 7.10. The normalized spacial score (nSPS) is 17.6. The minimum Gasteiger partial charge on any atom is -0.469 e. The maximum absolute atomic E-state index is 8.18. The highest BCUT2D eigenvalue weighted by atomic mass is 16.5. The third kappa shape index (κ3) is 4.11. The van der Waals surface area contributed by atoms with Gasteiger partial charge in [-0.15, -0.1) is 0 Å². The minimum absolute atomic E-state index is 0.0777. The van der Waals surface area contributed by atoms with Crippen molar-refractivity contribution in [2.75, 3.05) is 23.7 Å². The van der Waals surface area contributed by atoms with E-state index < -0.39 is 0 Å². The zero-order valence-corrected chi connectivity index (χ0v) is 15.3. The zero-order valence-electron chi connectivity index (χ0n) is 15.3. The van der Waals surface area contributed by atoms with Gasteiger partial charge in [-0.05, 0) is 32.3 Å². The lowest BCUT2D eigenvalue weighted by Crippen LogP contribution is -2.48. The second-order valence-electron chi connectivity index (χ2n) is 7.10. The predicted octanol–water partition coefficient (Wildman–Crippen LogP) is 2.48. The molecule has 5 N–H and O–H groups in total. The third-order valence-electron chi connectivity index (χ3n) is 4.80. The summed E-state index contributed by atoms with van der Waals surface area (Å²) < 4.78 is 5.69. The summed E-state index contributed by atoms with van der Waals surface area (Å²) in [5.41, 5.74) is 13.3. The predicted molar refractivity (Wildman–Crippen MR) is 103 cm³/mol. The molecule has 1 atom stereocenters. The van der Waals surface area contributed by atoms with Crippen LogP contribution in [-0.2, 0) is 4.74 Å². The van der Waals surface area contributed by atoms with Crippen LogP contribution in [0.5, 0.6) is 0 Å². The number of nitrogen functional groups attached to an aromatic ring is 1. The maximum atomic E-state index is 8.18. The van der Waals surface area contributed by atoms with Crippen molar-refractivity contribution in [2.24, 2.45) is 5.73 Å². The van der Waals surface area contributed by atoms with Gasteiger partial charge in [-0.25, -0.2) is 9.97 Å². The molecule has 1 aliphatic rings. The molecule has 1 unspecified atom stereocenters. The number of nitrogens with two attached hydrogens (primary N) is 2. The van der Waals surface area contributed by atoms with Crippen LogP contribution in [0.15, 0.2) is 36.5 Å². The van der Waals surface area contributed by atoms with Crippen LogP contribution >= 0.6 is 0 Å². The highest BCUT2D eigenvalue weighted by Gasteiger charge is 2.27. The molecule has 0 bridgehead atoms. The van der Waals surface area contributed by atoms with E-state index in [1.165, 1.54) is 0 Å². The van der Waals surface area contributed by atoms with Gasteiger partial charge >= 0.3 is 0 Å². The van der Waals surface area contributed by atoms with Crippen molar-refractivity contribution >= 4 is 17.5 Å². The molecular formula is C19H26N6O. The summed E-state index contributed by atoms with van der Waals surface area (Å²) in [6.45, 7) is 5.60. The Morgan fingerprint density at radius 3 is 2.54 bits per heavy atom. The van der Waals surface area contributed by atoms with Gasteiger partial charge in [0.2, 0.25) is 5.90 Å². The summed E-state index contributed by atoms with van der Waals surface area (Å²) in [7, 11) is 0. The molecule has 1 aromatic heterocycles. The monoisotopic (exact) mass is 354 g/mol. The van der Waals surface area contributed by atoms with E-state index in [2.05, 4.69) is 21.8 Å². The molecule has 2 heterocycles. The molecule has 2 aromatic rings. The number of rotatable bonds is 4. The van der Waals surface area contributed by atoms with Crippen LogP contribution in [0.3, 0.4) is 0 Å². The van der Waals surface area contributed by atoms with Crippen LogP contribution in [0, 0.1) is 5.41 Å². The Hall–Kier alpha value is -2.67. The van der Waals surface area contributed by atoms with Crippen LogP contribution in [0.2, 0.25) is 0 Å². The summed E-state index contributed by atoms with van der Waals surface area (Å²) in [5, 5.41) is 8.18. The standard InChI is InChI=1S/C19H26N6O/c1-13(14-6-4-3-5-7-14)26-18(21)16-17(20)24-15(12-23-16)25-10-8-19(2,22)9-11-25/h3-7,12-13,21H,8-11,22H2,1-2H3,(H2,20,24). The summed E-state index contributed by atoms with van der Waals surface area (Å²) >= 11 is 0. The zero-order chi connectivity index (χ0) is 18.7. The maximum Gasteiger partial charge on any atom is 0.236 e. The van der Waals surface area contributed by atoms with Crippen molar-refractivity contribution in [1.29, 1.82) is 5.41 Å². The molecule has 0 amide bonds. The van der Waals surface area contributed by atoms with Crippen LogP contribution in [0.4, 0.5) is 11.6 Å². The van der Waals surface area contributed by atoms with Crippen molar-refractivity contribution in [3.05, 3.63) is 47.8 Å². The molecule has 1 fully saturated rings. The second kappa shape index (κ2) is 7.29. The van der Waals surface area contributed by atoms with Gasteiger partial charge in [0, 0.05) is 18.6 Å². The van der Waals surface area contributed by atoms with E-state index in [-0.39, 0.29) is 29.1 Å². The minimum atomic E-state index is -0.270. The number of aromatic nitrogens is 2. The van der Waals surface area contributed by atoms with E-state index in [0.717, 1.165) is 31.5 Å². The van der Waals surface area contributed by atoms with E-state index in [1.807, 2.05) is 37.3 Å². The number of hydrogen-bond acceptors (Lipinski definition) is 7. The molecule has 7 nitrogen and oxygen atoms in total. The van der Waals surface area contributed by atoms with Crippen LogP contribution in [-0.4, -0.2) is 34.5 Å². The average Bonchev–Trinajstić information content (AvgIpc) is 2.62. The van der Waals surface area contributed by atoms with E-state index in [4.69, 9.17) is 21.6 Å². The lowest BCUT2D eigenvalue weighted by molar-refractivity contribution is 0.211. The van der Waals surface area contributed by atoms with Crippen molar-refractivity contribution in [2.45, 2.75) is 38.3 Å². The first-order valence-corrected chi connectivity index (χ1v) is 8.82. The van der Waals surface area contributed by atoms with Crippen LogP contribution in [0.1, 0.15) is 44.1 Å². The van der Waals surface area contributed by atoms with Gasteiger partial charge in [0.25, 0.3) is 0 Å². The van der Waals surface area contributed by atoms with Crippen molar-refractivity contribution in [3.63, 3.8) is 0 Å². The molecule has 1 aliphatic heterocycles. The molecule has 7 heteroatoms. The fourth-order valence-corrected chi connectivity index (χ4v) is 2.99. The lowest BCUT2D eigenvalue weighted by atomic mass is 9.91. The van der Waals surface area contributed by atoms with Crippen molar-refractivity contribution in [1.82, 2.24) is 9.97 Å². The first kappa shape index (κ1) is 18.1. The number of piperidine rings is 1. The highest BCUT2D eigenvalue weighted by molar-refractivity contribution is 5.94. The van der Waals surface area contributed by atoms with E-state index in [0.29, 0.717) is 5.82 Å². The molecule has 1 saturated heterocycles. The Balaban J connectivity index is 1.68. The quantitative estimate of drug-likeness (QED) is 0.574. The molecule has 138 valence electrons. The SMILES string of the molecule is CC(OC(=N)c1ncc(N2CCC(C)(N)CC2)nc1N)c1ccccc1. The van der Waals surface area contributed by atoms with Gasteiger partial charge in [-0.3, -0.25) is 5.41 Å². The van der Waals surface area contributed by atoms with Crippen LogP contribution in [0.25, 0.3) is 0 Å². The Morgan fingerprint density at radius 1 is 1.27 bits per heavy atom. The van der Waals surface area contributed by atoms with Gasteiger partial charge < -0.3 is 21.1 Å². The fourth-order valence-electron chi connectivity index (χ4n) is 2.99. The number of nitrogens with one attached hydrogen (secondary N) is 1. The summed E-state index contributed by atoms with van der Waals surface area (Å²) in [4.78, 5) is 10.9. The van der Waals surface area contributed by atoms with Gasteiger partial charge in [-0.1, -0.05) is 30.3 Å². The average molecular weight is 354 g/mol. The van der Waals surface area contributed by atoms with Gasteiger partial charge in [0.05, 0.1) is 6.20 Å². The number of benzene rings is 1. The lowest BCUT2D eigenvalue weighted by Gasteiger charge is -2.37. The Labute approximate surface area is 153 Å². The molecule has 0 radical (unpaired) electrons. The van der Waals surface area contributed by atoms with E-state index in [9.17, 15) is 0 Å². The Morgan fingerprint density at radius 2 is 1.92 bits per heavy atom.